The van der Waals surface area contributed by atoms with E-state index in [1.54, 1.807) is 0 Å². The highest BCUT2D eigenvalue weighted by molar-refractivity contribution is 7.22. The van der Waals surface area contributed by atoms with Gasteiger partial charge in [-0.25, -0.2) is 9.97 Å². The zero-order valence-corrected chi connectivity index (χ0v) is 14.1. The molecule has 7 heteroatoms. The molecule has 2 aromatic heterocycles. The van der Waals surface area contributed by atoms with Crippen molar-refractivity contribution in [2.75, 3.05) is 5.32 Å². The van der Waals surface area contributed by atoms with Crippen LogP contribution < -0.4 is 5.32 Å². The fourth-order valence-corrected chi connectivity index (χ4v) is 3.50. The second-order valence-electron chi connectivity index (χ2n) is 4.82. The van der Waals surface area contributed by atoms with Crippen LogP contribution in [0.3, 0.4) is 0 Å². The van der Waals surface area contributed by atoms with Gasteiger partial charge in [-0.1, -0.05) is 46.7 Å². The van der Waals surface area contributed by atoms with E-state index in [4.69, 9.17) is 23.2 Å². The topological polar surface area (TPSA) is 54.9 Å². The normalized spacial score (nSPS) is 10.9. The summed E-state index contributed by atoms with van der Waals surface area (Å²) in [6, 6.07) is 7.12. The van der Waals surface area contributed by atoms with E-state index >= 15 is 0 Å². The Balaban J connectivity index is 1.94. The van der Waals surface area contributed by atoms with E-state index in [0.29, 0.717) is 5.13 Å². The van der Waals surface area contributed by atoms with Crippen LogP contribution in [0.25, 0.3) is 10.2 Å². The third-order valence-electron chi connectivity index (χ3n) is 3.22. The van der Waals surface area contributed by atoms with Crippen molar-refractivity contribution in [3.63, 3.8) is 0 Å². The highest BCUT2D eigenvalue weighted by Gasteiger charge is 2.15. The van der Waals surface area contributed by atoms with Crippen LogP contribution in [0, 0.1) is 13.8 Å². The minimum atomic E-state index is -0.358. The number of nitrogens with zero attached hydrogens (tertiary/aromatic N) is 2. The highest BCUT2D eigenvalue weighted by Crippen LogP contribution is 2.31. The van der Waals surface area contributed by atoms with Crippen molar-refractivity contribution in [1.29, 1.82) is 0 Å². The van der Waals surface area contributed by atoms with Crippen LogP contribution in [0.15, 0.2) is 24.3 Å². The van der Waals surface area contributed by atoms with Crippen molar-refractivity contribution in [2.45, 2.75) is 13.8 Å². The van der Waals surface area contributed by atoms with E-state index in [1.807, 2.05) is 26.0 Å². The Morgan fingerprint density at radius 3 is 2.50 bits per heavy atom. The molecule has 0 radical (unpaired) electrons. The van der Waals surface area contributed by atoms with Crippen LogP contribution in [0.4, 0.5) is 5.13 Å². The zero-order valence-electron chi connectivity index (χ0n) is 11.8. The Bertz CT molecular complexity index is 853. The number of rotatable bonds is 2. The van der Waals surface area contributed by atoms with Gasteiger partial charge in [-0.05, 0) is 37.1 Å². The fraction of sp³-hybridized carbons (Fsp3) is 0.133. The second kappa shape index (κ2) is 5.83. The number of anilines is 1. The molecule has 3 aromatic rings. The number of pyridine rings is 1. The number of nitrogens with one attached hydrogen (secondary N) is 1. The number of carbonyl (C=O) groups excluding carboxylic acids is 1. The molecular formula is C15H11Cl2N3OS. The average Bonchev–Trinajstić information content (AvgIpc) is 2.88. The molecular weight excluding hydrogens is 341 g/mol. The number of halogens is 2. The Labute approximate surface area is 141 Å². The molecule has 0 bridgehead atoms. The number of amides is 1. The molecule has 2 heterocycles. The van der Waals surface area contributed by atoms with Crippen molar-refractivity contribution < 1.29 is 4.79 Å². The lowest BCUT2D eigenvalue weighted by Crippen LogP contribution is -2.12. The molecule has 0 aliphatic heterocycles. The molecule has 1 amide bonds. The minimum Gasteiger partial charge on any atom is -0.298 e. The Kier molecular flexibility index (Phi) is 4.04. The number of aromatic nitrogens is 2. The molecule has 0 atom stereocenters. The van der Waals surface area contributed by atoms with Crippen molar-refractivity contribution in [3.05, 3.63) is 51.3 Å². The first-order valence-electron chi connectivity index (χ1n) is 6.46. The van der Waals surface area contributed by atoms with Gasteiger partial charge in [0.05, 0.1) is 15.8 Å². The number of hydrogen-bond donors (Lipinski definition) is 1. The maximum Gasteiger partial charge on any atom is 0.260 e. The molecule has 3 rings (SSSR count). The minimum absolute atomic E-state index is 0.0680. The summed E-state index contributed by atoms with van der Waals surface area (Å²) in [4.78, 5) is 20.6. The van der Waals surface area contributed by atoms with E-state index in [-0.39, 0.29) is 21.8 Å². The zero-order chi connectivity index (χ0) is 15.9. The quantitative estimate of drug-likeness (QED) is 0.670. The van der Waals surface area contributed by atoms with Crippen molar-refractivity contribution in [1.82, 2.24) is 9.97 Å². The summed E-state index contributed by atoms with van der Waals surface area (Å²) >= 11 is 13.1. The maximum absolute atomic E-state index is 12.3. The standard InChI is InChI=1S/C15H11Cl2N3OS/c1-7-3-4-8(2)12-11(7)19-15(22-12)20-14(21)9-5-6-10(16)18-13(9)17/h3-6H,1-2H3,(H,19,20,21). The van der Waals surface area contributed by atoms with Gasteiger partial charge in [0.1, 0.15) is 10.3 Å². The van der Waals surface area contributed by atoms with Gasteiger partial charge in [0.15, 0.2) is 5.13 Å². The Morgan fingerprint density at radius 2 is 1.82 bits per heavy atom. The molecule has 1 N–H and O–H groups in total. The lowest BCUT2D eigenvalue weighted by molar-refractivity contribution is 0.102. The third-order valence-corrected chi connectivity index (χ3v) is 4.83. The van der Waals surface area contributed by atoms with Gasteiger partial charge in [0, 0.05) is 0 Å². The van der Waals surface area contributed by atoms with Crippen molar-refractivity contribution >= 4 is 55.8 Å². The molecule has 22 heavy (non-hydrogen) atoms. The number of benzene rings is 1. The smallest absolute Gasteiger partial charge is 0.260 e. The van der Waals surface area contributed by atoms with Gasteiger partial charge >= 0.3 is 0 Å². The van der Waals surface area contributed by atoms with Gasteiger partial charge in [-0.2, -0.15) is 0 Å². The summed E-state index contributed by atoms with van der Waals surface area (Å²) in [6.07, 6.45) is 0. The molecule has 0 spiro atoms. The lowest BCUT2D eigenvalue weighted by Gasteiger charge is -2.03. The largest absolute Gasteiger partial charge is 0.298 e. The van der Waals surface area contributed by atoms with Crippen LogP contribution >= 0.6 is 34.5 Å². The fourth-order valence-electron chi connectivity index (χ4n) is 2.06. The predicted octanol–water partition coefficient (Wildman–Crippen LogP) is 4.87. The van der Waals surface area contributed by atoms with Crippen LogP contribution in [0.2, 0.25) is 10.3 Å². The lowest BCUT2D eigenvalue weighted by atomic mass is 10.1. The molecule has 0 unspecified atom stereocenters. The van der Waals surface area contributed by atoms with E-state index in [1.165, 1.54) is 23.5 Å². The summed E-state index contributed by atoms with van der Waals surface area (Å²) < 4.78 is 1.07. The third kappa shape index (κ3) is 2.79. The Hall–Kier alpha value is -1.69. The molecule has 0 aliphatic carbocycles. The number of aryl methyl sites for hydroxylation is 2. The molecule has 1 aromatic carbocycles. The summed E-state index contributed by atoms with van der Waals surface area (Å²) in [5.74, 6) is -0.358. The number of thiazole rings is 1. The van der Waals surface area contributed by atoms with E-state index < -0.39 is 0 Å². The monoisotopic (exact) mass is 351 g/mol. The van der Waals surface area contributed by atoms with Gasteiger partial charge < -0.3 is 0 Å². The van der Waals surface area contributed by atoms with Crippen molar-refractivity contribution in [3.8, 4) is 0 Å². The van der Waals surface area contributed by atoms with Crippen LogP contribution in [-0.4, -0.2) is 15.9 Å². The van der Waals surface area contributed by atoms with Crippen molar-refractivity contribution in [2.24, 2.45) is 0 Å². The molecule has 4 nitrogen and oxygen atoms in total. The van der Waals surface area contributed by atoms with E-state index in [9.17, 15) is 4.79 Å². The summed E-state index contributed by atoms with van der Waals surface area (Å²) in [5, 5.41) is 3.61. The number of carbonyl (C=O) groups is 1. The second-order valence-corrected chi connectivity index (χ2v) is 6.57. The molecule has 0 fully saturated rings. The van der Waals surface area contributed by atoms with E-state index in [2.05, 4.69) is 15.3 Å². The average molecular weight is 352 g/mol. The first-order chi connectivity index (χ1) is 10.5. The summed E-state index contributed by atoms with van der Waals surface area (Å²) in [5.41, 5.74) is 3.37. The maximum atomic E-state index is 12.3. The first-order valence-corrected chi connectivity index (χ1v) is 8.03. The summed E-state index contributed by atoms with van der Waals surface area (Å²) in [7, 11) is 0. The molecule has 0 saturated heterocycles. The number of fused-ring (bicyclic) bond motifs is 1. The molecule has 0 saturated carbocycles. The number of hydrogen-bond acceptors (Lipinski definition) is 4. The SMILES string of the molecule is Cc1ccc(C)c2sc(NC(=O)c3ccc(Cl)nc3Cl)nc12. The van der Waals surface area contributed by atoms with Crippen LogP contribution in [0.5, 0.6) is 0 Å². The Morgan fingerprint density at radius 1 is 1.09 bits per heavy atom. The van der Waals surface area contributed by atoms with Crippen LogP contribution in [-0.2, 0) is 0 Å². The van der Waals surface area contributed by atoms with Gasteiger partial charge in [0.25, 0.3) is 5.91 Å². The predicted molar refractivity (Wildman–Crippen MR) is 91.3 cm³/mol. The van der Waals surface area contributed by atoms with E-state index in [0.717, 1.165) is 21.3 Å². The van der Waals surface area contributed by atoms with Crippen LogP contribution in [0.1, 0.15) is 21.5 Å². The highest BCUT2D eigenvalue weighted by atomic mass is 35.5. The van der Waals surface area contributed by atoms with Gasteiger partial charge in [-0.3, -0.25) is 10.1 Å². The first kappa shape index (κ1) is 15.2. The molecule has 0 aliphatic rings. The van der Waals surface area contributed by atoms with Gasteiger partial charge in [0.2, 0.25) is 0 Å². The summed E-state index contributed by atoms with van der Waals surface area (Å²) in [6.45, 7) is 4.01. The molecule has 112 valence electrons. The van der Waals surface area contributed by atoms with Gasteiger partial charge in [-0.15, -0.1) is 0 Å².